The molecular formula is C16H19N3O2. The number of nitrogens with zero attached hydrogens (tertiary/aromatic N) is 2. The van der Waals surface area contributed by atoms with Crippen LogP contribution in [0.5, 0.6) is 5.75 Å². The van der Waals surface area contributed by atoms with Crippen LogP contribution in [-0.4, -0.2) is 28.8 Å². The highest BCUT2D eigenvalue weighted by atomic mass is 16.5. The number of hydrogen-bond acceptors (Lipinski definition) is 3. The number of aryl methyl sites for hydroxylation is 1. The van der Waals surface area contributed by atoms with Gasteiger partial charge in [0.2, 0.25) is 5.91 Å². The summed E-state index contributed by atoms with van der Waals surface area (Å²) in [5.41, 5.74) is 2.10. The lowest BCUT2D eigenvalue weighted by atomic mass is 10.0. The average Bonchev–Trinajstić information content (AvgIpc) is 2.95. The number of ether oxygens (including phenoxy) is 1. The fourth-order valence-electron chi connectivity index (χ4n) is 2.79. The highest BCUT2D eigenvalue weighted by molar-refractivity contribution is 5.79. The van der Waals surface area contributed by atoms with Gasteiger partial charge in [-0.2, -0.15) is 5.10 Å². The summed E-state index contributed by atoms with van der Waals surface area (Å²) in [6.07, 6.45) is 3.93. The molecular weight excluding hydrogens is 266 g/mol. The molecule has 110 valence electrons. The Morgan fingerprint density at radius 2 is 2.29 bits per heavy atom. The Bertz CT molecular complexity index is 636. The number of fused-ring (bicyclic) bond motifs is 1. The minimum Gasteiger partial charge on any atom is -0.496 e. The number of amides is 1. The van der Waals surface area contributed by atoms with Gasteiger partial charge in [-0.25, -0.2) is 0 Å². The van der Waals surface area contributed by atoms with Crippen molar-refractivity contribution in [3.8, 4) is 5.75 Å². The number of carbonyl (C=O) groups excluding carboxylic acids is 1. The van der Waals surface area contributed by atoms with E-state index in [2.05, 4.69) is 10.4 Å². The molecule has 3 rings (SSSR count). The van der Waals surface area contributed by atoms with Crippen LogP contribution in [0.15, 0.2) is 36.5 Å². The molecule has 1 aliphatic rings. The average molecular weight is 285 g/mol. The van der Waals surface area contributed by atoms with Crippen LogP contribution in [-0.2, 0) is 24.2 Å². The smallest absolute Gasteiger partial charge is 0.224 e. The molecule has 1 aromatic carbocycles. The van der Waals surface area contributed by atoms with E-state index < -0.39 is 0 Å². The Morgan fingerprint density at radius 1 is 1.43 bits per heavy atom. The monoisotopic (exact) mass is 285 g/mol. The molecule has 0 bridgehead atoms. The molecule has 5 heteroatoms. The van der Waals surface area contributed by atoms with E-state index >= 15 is 0 Å². The topological polar surface area (TPSA) is 56.1 Å². The van der Waals surface area contributed by atoms with Crippen molar-refractivity contribution in [3.05, 3.63) is 47.8 Å². The largest absolute Gasteiger partial charge is 0.496 e. The van der Waals surface area contributed by atoms with Gasteiger partial charge in [-0.05, 0) is 18.6 Å². The van der Waals surface area contributed by atoms with Gasteiger partial charge in [-0.1, -0.05) is 18.2 Å². The lowest BCUT2D eigenvalue weighted by Crippen LogP contribution is -2.40. The SMILES string of the molecule is COc1ccccc1CC(=O)N[C@@H]1CCn2nccc2C1. The molecule has 1 N–H and O–H groups in total. The Morgan fingerprint density at radius 3 is 3.14 bits per heavy atom. The summed E-state index contributed by atoms with van der Waals surface area (Å²) in [5.74, 6) is 0.798. The van der Waals surface area contributed by atoms with E-state index in [0.29, 0.717) is 6.42 Å². The second-order valence-corrected chi connectivity index (χ2v) is 5.29. The van der Waals surface area contributed by atoms with Gasteiger partial charge in [0.05, 0.1) is 13.5 Å². The van der Waals surface area contributed by atoms with Crippen molar-refractivity contribution in [1.29, 1.82) is 0 Å². The number of para-hydroxylation sites is 1. The van der Waals surface area contributed by atoms with Crippen LogP contribution in [0.3, 0.4) is 0 Å². The summed E-state index contributed by atoms with van der Waals surface area (Å²) in [4.78, 5) is 12.2. The third-order valence-electron chi connectivity index (χ3n) is 3.86. The van der Waals surface area contributed by atoms with Crippen molar-refractivity contribution in [1.82, 2.24) is 15.1 Å². The van der Waals surface area contributed by atoms with Crippen molar-refractivity contribution in [2.24, 2.45) is 0 Å². The van der Waals surface area contributed by atoms with E-state index in [9.17, 15) is 4.79 Å². The van der Waals surface area contributed by atoms with Gasteiger partial charge in [0.1, 0.15) is 5.75 Å². The van der Waals surface area contributed by atoms with Crippen LogP contribution in [0.1, 0.15) is 17.7 Å². The maximum Gasteiger partial charge on any atom is 0.224 e. The van der Waals surface area contributed by atoms with E-state index in [0.717, 1.165) is 30.7 Å². The number of benzene rings is 1. The maximum absolute atomic E-state index is 12.2. The van der Waals surface area contributed by atoms with Crippen molar-refractivity contribution < 1.29 is 9.53 Å². The summed E-state index contributed by atoms with van der Waals surface area (Å²) in [6.45, 7) is 0.863. The zero-order chi connectivity index (χ0) is 14.7. The first-order valence-electron chi connectivity index (χ1n) is 7.18. The molecule has 0 saturated heterocycles. The number of aromatic nitrogens is 2. The minimum atomic E-state index is 0.0393. The van der Waals surface area contributed by atoms with Crippen LogP contribution in [0.25, 0.3) is 0 Å². The number of hydrogen-bond donors (Lipinski definition) is 1. The predicted molar refractivity (Wildman–Crippen MR) is 79.2 cm³/mol. The summed E-state index contributed by atoms with van der Waals surface area (Å²) in [5, 5.41) is 7.36. The Hall–Kier alpha value is -2.30. The van der Waals surface area contributed by atoms with E-state index in [1.165, 1.54) is 5.69 Å². The van der Waals surface area contributed by atoms with Gasteiger partial charge >= 0.3 is 0 Å². The Kier molecular flexibility index (Phi) is 3.90. The Labute approximate surface area is 123 Å². The third-order valence-corrected chi connectivity index (χ3v) is 3.86. The van der Waals surface area contributed by atoms with Gasteiger partial charge < -0.3 is 10.1 Å². The zero-order valence-corrected chi connectivity index (χ0v) is 12.1. The molecule has 0 aliphatic carbocycles. The predicted octanol–water partition coefficient (Wildman–Crippen LogP) is 1.57. The molecule has 1 amide bonds. The van der Waals surface area contributed by atoms with Gasteiger partial charge in [0.15, 0.2) is 0 Å². The van der Waals surface area contributed by atoms with Crippen LogP contribution in [0, 0.1) is 0 Å². The summed E-state index contributed by atoms with van der Waals surface area (Å²) >= 11 is 0. The molecule has 0 saturated carbocycles. The van der Waals surface area contributed by atoms with Crippen LogP contribution in [0.4, 0.5) is 0 Å². The third kappa shape index (κ3) is 3.07. The first kappa shape index (κ1) is 13.7. The van der Waals surface area contributed by atoms with Gasteiger partial charge in [-0.15, -0.1) is 0 Å². The Balaban J connectivity index is 1.60. The lowest BCUT2D eigenvalue weighted by molar-refractivity contribution is -0.121. The van der Waals surface area contributed by atoms with E-state index in [1.54, 1.807) is 7.11 Å². The molecule has 21 heavy (non-hydrogen) atoms. The van der Waals surface area contributed by atoms with Gasteiger partial charge in [0, 0.05) is 36.5 Å². The molecule has 1 aliphatic heterocycles. The highest BCUT2D eigenvalue weighted by Crippen LogP contribution is 2.18. The molecule has 1 aromatic heterocycles. The fraction of sp³-hybridized carbons (Fsp3) is 0.375. The molecule has 2 aromatic rings. The lowest BCUT2D eigenvalue weighted by Gasteiger charge is -2.24. The molecule has 5 nitrogen and oxygen atoms in total. The molecule has 1 atom stereocenters. The number of carbonyl (C=O) groups is 1. The summed E-state index contributed by atoms with van der Waals surface area (Å²) in [6, 6.07) is 9.83. The van der Waals surface area contributed by atoms with Crippen LogP contribution < -0.4 is 10.1 Å². The summed E-state index contributed by atoms with van der Waals surface area (Å²) in [7, 11) is 1.62. The van der Waals surface area contributed by atoms with E-state index in [-0.39, 0.29) is 11.9 Å². The zero-order valence-electron chi connectivity index (χ0n) is 12.1. The second kappa shape index (κ2) is 5.99. The number of nitrogens with one attached hydrogen (secondary N) is 1. The number of rotatable bonds is 4. The number of methoxy groups -OCH3 is 1. The van der Waals surface area contributed by atoms with Crippen LogP contribution in [0.2, 0.25) is 0 Å². The first-order valence-corrected chi connectivity index (χ1v) is 7.18. The molecule has 0 spiro atoms. The quantitative estimate of drug-likeness (QED) is 0.927. The minimum absolute atomic E-state index is 0.0393. The van der Waals surface area contributed by atoms with Crippen molar-refractivity contribution in [2.75, 3.05) is 7.11 Å². The highest BCUT2D eigenvalue weighted by Gasteiger charge is 2.20. The maximum atomic E-state index is 12.2. The van der Waals surface area contributed by atoms with Crippen molar-refractivity contribution in [3.63, 3.8) is 0 Å². The fourth-order valence-corrected chi connectivity index (χ4v) is 2.79. The second-order valence-electron chi connectivity index (χ2n) is 5.29. The summed E-state index contributed by atoms with van der Waals surface area (Å²) < 4.78 is 7.28. The molecule has 0 unspecified atom stereocenters. The van der Waals surface area contributed by atoms with E-state index in [1.807, 2.05) is 41.2 Å². The normalized spacial score (nSPS) is 17.1. The van der Waals surface area contributed by atoms with Gasteiger partial charge in [0.25, 0.3) is 0 Å². The molecule has 2 heterocycles. The van der Waals surface area contributed by atoms with Crippen molar-refractivity contribution in [2.45, 2.75) is 31.8 Å². The molecule has 0 radical (unpaired) electrons. The van der Waals surface area contributed by atoms with Crippen molar-refractivity contribution >= 4 is 5.91 Å². The van der Waals surface area contributed by atoms with Gasteiger partial charge in [-0.3, -0.25) is 9.48 Å². The van der Waals surface area contributed by atoms with Crippen LogP contribution >= 0.6 is 0 Å². The standard InChI is InChI=1S/C16H19N3O2/c1-21-15-5-3-2-4-12(15)10-16(20)18-13-7-9-19-14(11-13)6-8-17-19/h2-6,8,13H,7,9-11H2,1H3,(H,18,20)/t13-/m1/s1. The van der Waals surface area contributed by atoms with E-state index in [4.69, 9.17) is 4.74 Å². The first-order chi connectivity index (χ1) is 10.3. The molecule has 0 fully saturated rings.